The van der Waals surface area contributed by atoms with Crippen LogP contribution < -0.4 is 10.1 Å². The van der Waals surface area contributed by atoms with Gasteiger partial charge in [0.1, 0.15) is 30.9 Å². The lowest BCUT2D eigenvalue weighted by Crippen LogP contribution is -2.28. The van der Waals surface area contributed by atoms with Gasteiger partial charge in [-0.05, 0) is 29.8 Å². The highest BCUT2D eigenvalue weighted by molar-refractivity contribution is 5.67. The highest BCUT2D eigenvalue weighted by atomic mass is 16.5. The molecule has 0 saturated heterocycles. The van der Waals surface area contributed by atoms with Gasteiger partial charge in [0.15, 0.2) is 6.39 Å². The van der Waals surface area contributed by atoms with Crippen molar-refractivity contribution < 1.29 is 18.7 Å². The maximum absolute atomic E-state index is 11.6. The van der Waals surface area contributed by atoms with E-state index in [1.807, 2.05) is 54.6 Å². The number of carbonyl (C=O) groups is 1. The van der Waals surface area contributed by atoms with Gasteiger partial charge in [-0.1, -0.05) is 30.3 Å². The lowest BCUT2D eigenvalue weighted by atomic mass is 10.2. The Morgan fingerprint density at radius 1 is 1.08 bits per heavy atom. The van der Waals surface area contributed by atoms with E-state index >= 15 is 0 Å². The first-order valence-corrected chi connectivity index (χ1v) is 7.87. The van der Waals surface area contributed by atoms with Crippen LogP contribution in [0.4, 0.5) is 4.79 Å². The molecule has 0 aliphatic carbocycles. The Kier molecular flexibility index (Phi) is 5.66. The van der Waals surface area contributed by atoms with Crippen molar-refractivity contribution in [2.45, 2.75) is 6.61 Å². The maximum Gasteiger partial charge on any atom is 0.407 e. The molecule has 0 unspecified atom stereocenters. The third-order valence-corrected chi connectivity index (χ3v) is 3.44. The topological polar surface area (TPSA) is 73.6 Å². The summed E-state index contributed by atoms with van der Waals surface area (Å²) < 4.78 is 15.6. The number of rotatable bonds is 7. The van der Waals surface area contributed by atoms with Crippen molar-refractivity contribution in [2.24, 2.45) is 0 Å². The minimum absolute atomic E-state index is 0.247. The van der Waals surface area contributed by atoms with Crippen LogP contribution in [-0.2, 0) is 11.3 Å². The van der Waals surface area contributed by atoms with Crippen LogP contribution in [0.2, 0.25) is 0 Å². The quantitative estimate of drug-likeness (QED) is 0.666. The first kappa shape index (κ1) is 16.6. The van der Waals surface area contributed by atoms with Crippen molar-refractivity contribution >= 4 is 6.09 Å². The number of ether oxygens (including phenoxy) is 2. The predicted octanol–water partition coefficient (Wildman–Crippen LogP) is 3.65. The predicted molar refractivity (Wildman–Crippen MR) is 92.1 cm³/mol. The summed E-state index contributed by atoms with van der Waals surface area (Å²) in [6.07, 6.45) is 2.51. The number of nitrogens with one attached hydrogen (secondary N) is 1. The molecule has 3 rings (SSSR count). The van der Waals surface area contributed by atoms with E-state index in [4.69, 9.17) is 13.9 Å². The van der Waals surface area contributed by atoms with Crippen molar-refractivity contribution in [3.8, 4) is 17.0 Å². The van der Waals surface area contributed by atoms with Crippen molar-refractivity contribution in [3.63, 3.8) is 0 Å². The van der Waals surface area contributed by atoms with E-state index in [9.17, 15) is 4.79 Å². The zero-order chi connectivity index (χ0) is 17.3. The number of hydrogen-bond acceptors (Lipinski definition) is 5. The van der Waals surface area contributed by atoms with Crippen molar-refractivity contribution in [1.82, 2.24) is 10.3 Å². The molecule has 3 aromatic rings. The molecule has 6 heteroatoms. The minimum Gasteiger partial charge on any atom is -0.492 e. The molecule has 0 aliphatic heterocycles. The monoisotopic (exact) mass is 338 g/mol. The maximum atomic E-state index is 11.6. The zero-order valence-electron chi connectivity index (χ0n) is 13.6. The second kappa shape index (κ2) is 8.54. The Bertz CT molecular complexity index is 771. The third kappa shape index (κ3) is 5.10. The average Bonchev–Trinajstić information content (AvgIpc) is 3.20. The Morgan fingerprint density at radius 3 is 2.60 bits per heavy atom. The molecule has 1 heterocycles. The molecule has 0 saturated carbocycles. The number of carbonyl (C=O) groups excluding carboxylic acids is 1. The summed E-state index contributed by atoms with van der Waals surface area (Å²) in [5.74, 6) is 0.715. The molecule has 1 aromatic heterocycles. The molecule has 1 N–H and O–H groups in total. The fourth-order valence-corrected chi connectivity index (χ4v) is 2.17. The van der Waals surface area contributed by atoms with E-state index in [1.54, 1.807) is 6.26 Å². The van der Waals surface area contributed by atoms with Crippen LogP contribution in [0.1, 0.15) is 5.56 Å². The van der Waals surface area contributed by atoms with Crippen LogP contribution in [0, 0.1) is 0 Å². The molecule has 2 aromatic carbocycles. The number of hydrogen-bond donors (Lipinski definition) is 1. The van der Waals surface area contributed by atoms with Gasteiger partial charge in [-0.15, -0.1) is 0 Å². The standard InChI is InChI=1S/C19H18N2O4/c22-19(25-12-15-4-2-1-3-5-15)20-10-11-24-17-8-6-16(7-9-17)18-13-23-14-21-18/h1-9,13-14H,10-12H2,(H,20,22). The Hall–Kier alpha value is -3.28. The lowest BCUT2D eigenvalue weighted by molar-refractivity contribution is 0.137. The normalized spacial score (nSPS) is 10.2. The molecule has 0 radical (unpaired) electrons. The van der Waals surface area contributed by atoms with Gasteiger partial charge in [0, 0.05) is 5.56 Å². The summed E-state index contributed by atoms with van der Waals surface area (Å²) in [6, 6.07) is 17.0. The third-order valence-electron chi connectivity index (χ3n) is 3.44. The van der Waals surface area contributed by atoms with Crippen molar-refractivity contribution in [3.05, 3.63) is 72.8 Å². The number of nitrogens with zero attached hydrogens (tertiary/aromatic N) is 1. The lowest BCUT2D eigenvalue weighted by Gasteiger charge is -2.09. The number of alkyl carbamates (subject to hydrolysis) is 1. The van der Waals surface area contributed by atoms with Gasteiger partial charge in [0.25, 0.3) is 0 Å². The Balaban J connectivity index is 1.35. The first-order chi connectivity index (χ1) is 12.3. The molecule has 128 valence electrons. The summed E-state index contributed by atoms with van der Waals surface area (Å²) in [6.45, 7) is 0.958. The summed E-state index contributed by atoms with van der Waals surface area (Å²) in [4.78, 5) is 15.7. The van der Waals surface area contributed by atoms with Gasteiger partial charge in [-0.2, -0.15) is 0 Å². The molecule has 0 spiro atoms. The van der Waals surface area contributed by atoms with Crippen LogP contribution in [0.3, 0.4) is 0 Å². The van der Waals surface area contributed by atoms with Gasteiger partial charge in [-0.3, -0.25) is 0 Å². The van der Waals surface area contributed by atoms with Gasteiger partial charge in [-0.25, -0.2) is 9.78 Å². The highest BCUT2D eigenvalue weighted by Gasteiger charge is 2.03. The number of amides is 1. The molecule has 0 bridgehead atoms. The van der Waals surface area contributed by atoms with Gasteiger partial charge in [0.2, 0.25) is 0 Å². The second-order valence-electron chi connectivity index (χ2n) is 5.24. The second-order valence-corrected chi connectivity index (χ2v) is 5.24. The molecule has 0 fully saturated rings. The number of aromatic nitrogens is 1. The van der Waals surface area contributed by atoms with E-state index in [-0.39, 0.29) is 6.61 Å². The van der Waals surface area contributed by atoms with E-state index in [2.05, 4.69) is 10.3 Å². The summed E-state index contributed by atoms with van der Waals surface area (Å²) in [5.41, 5.74) is 2.67. The fourth-order valence-electron chi connectivity index (χ4n) is 2.17. The minimum atomic E-state index is -0.464. The highest BCUT2D eigenvalue weighted by Crippen LogP contribution is 2.20. The van der Waals surface area contributed by atoms with E-state index in [0.29, 0.717) is 18.9 Å². The molecule has 0 atom stereocenters. The van der Waals surface area contributed by atoms with Crippen molar-refractivity contribution in [2.75, 3.05) is 13.2 Å². The molecular weight excluding hydrogens is 320 g/mol. The summed E-state index contributed by atoms with van der Waals surface area (Å²) in [5, 5.41) is 2.65. The van der Waals surface area contributed by atoms with E-state index in [0.717, 1.165) is 16.8 Å². The number of oxazole rings is 1. The van der Waals surface area contributed by atoms with Crippen LogP contribution in [-0.4, -0.2) is 24.2 Å². The van der Waals surface area contributed by atoms with E-state index in [1.165, 1.54) is 6.39 Å². The van der Waals surface area contributed by atoms with Crippen LogP contribution in [0.25, 0.3) is 11.3 Å². The molecule has 6 nitrogen and oxygen atoms in total. The SMILES string of the molecule is O=C(NCCOc1ccc(-c2cocn2)cc1)OCc1ccccc1. The van der Waals surface area contributed by atoms with Crippen LogP contribution in [0.15, 0.2) is 71.7 Å². The Morgan fingerprint density at radius 2 is 1.88 bits per heavy atom. The van der Waals surface area contributed by atoms with Crippen LogP contribution >= 0.6 is 0 Å². The molecule has 25 heavy (non-hydrogen) atoms. The molecular formula is C19H18N2O4. The summed E-state index contributed by atoms with van der Waals surface area (Å²) >= 11 is 0. The number of benzene rings is 2. The fraction of sp³-hybridized carbons (Fsp3) is 0.158. The Labute approximate surface area is 145 Å². The van der Waals surface area contributed by atoms with Crippen molar-refractivity contribution in [1.29, 1.82) is 0 Å². The van der Waals surface area contributed by atoms with Crippen LogP contribution in [0.5, 0.6) is 5.75 Å². The van der Waals surface area contributed by atoms with Gasteiger partial charge >= 0.3 is 6.09 Å². The molecule has 1 amide bonds. The smallest absolute Gasteiger partial charge is 0.407 e. The largest absolute Gasteiger partial charge is 0.492 e. The first-order valence-electron chi connectivity index (χ1n) is 7.87. The summed E-state index contributed by atoms with van der Waals surface area (Å²) in [7, 11) is 0. The van der Waals surface area contributed by atoms with E-state index < -0.39 is 6.09 Å². The van der Waals surface area contributed by atoms with Gasteiger partial charge < -0.3 is 19.2 Å². The zero-order valence-corrected chi connectivity index (χ0v) is 13.6. The average molecular weight is 338 g/mol. The molecule has 0 aliphatic rings. The van der Waals surface area contributed by atoms with Gasteiger partial charge in [0.05, 0.1) is 6.54 Å².